The van der Waals surface area contributed by atoms with E-state index in [1.807, 2.05) is 0 Å². The summed E-state index contributed by atoms with van der Waals surface area (Å²) >= 11 is 0. The molecule has 0 saturated carbocycles. The van der Waals surface area contributed by atoms with Gasteiger partial charge in [0.05, 0.1) is 12.7 Å². The number of esters is 1. The fourth-order valence-electron chi connectivity index (χ4n) is 1.64. The summed E-state index contributed by atoms with van der Waals surface area (Å²) in [6, 6.07) is 8.88. The molecule has 0 fully saturated rings. The van der Waals surface area contributed by atoms with Crippen LogP contribution in [0.1, 0.15) is 25.0 Å². The quantitative estimate of drug-likeness (QED) is 0.744. The van der Waals surface area contributed by atoms with Crippen LogP contribution in [0, 0.1) is 11.3 Å². The summed E-state index contributed by atoms with van der Waals surface area (Å²) < 4.78 is 4.83. The van der Waals surface area contributed by atoms with Gasteiger partial charge in [0.1, 0.15) is 12.5 Å². The molecule has 1 aromatic rings. The molecule has 0 saturated heterocycles. The van der Waals surface area contributed by atoms with Crippen molar-refractivity contribution in [2.45, 2.75) is 25.5 Å². The third kappa shape index (κ3) is 4.37. The molecule has 1 rings (SSSR count). The first-order valence-electron chi connectivity index (χ1n) is 6.16. The van der Waals surface area contributed by atoms with Gasteiger partial charge in [-0.2, -0.15) is 5.26 Å². The maximum Gasteiger partial charge on any atom is 0.331 e. The molecule has 0 aliphatic rings. The average Bonchev–Trinajstić information content (AvgIpc) is 2.45. The van der Waals surface area contributed by atoms with Crippen molar-refractivity contribution in [2.75, 3.05) is 6.61 Å². The van der Waals surface area contributed by atoms with Gasteiger partial charge in [0.25, 0.3) is 0 Å². The van der Waals surface area contributed by atoms with Crippen molar-refractivity contribution in [3.63, 3.8) is 0 Å². The Morgan fingerprint density at radius 3 is 2.60 bits per heavy atom. The molecule has 106 valence electrons. The van der Waals surface area contributed by atoms with E-state index in [-0.39, 0.29) is 6.61 Å². The van der Waals surface area contributed by atoms with Gasteiger partial charge in [-0.05, 0) is 12.5 Å². The number of amides is 1. The Morgan fingerprint density at radius 2 is 2.05 bits per heavy atom. The van der Waals surface area contributed by atoms with Crippen LogP contribution in [-0.4, -0.2) is 29.6 Å². The molecule has 6 heteroatoms. The summed E-state index contributed by atoms with van der Waals surface area (Å²) in [6.45, 7) is 1.76. The second-order valence-electron chi connectivity index (χ2n) is 3.99. The molecule has 2 N–H and O–H groups in total. The normalized spacial score (nSPS) is 12.8. The molecular weight excluding hydrogens is 260 g/mol. The molecule has 20 heavy (non-hydrogen) atoms. The number of ether oxygens (including phenoxy) is 1. The molecule has 0 bridgehead atoms. The zero-order chi connectivity index (χ0) is 15.0. The maximum atomic E-state index is 11.8. The molecule has 2 atom stereocenters. The fourth-order valence-corrected chi connectivity index (χ4v) is 1.64. The first-order chi connectivity index (χ1) is 9.60. The zero-order valence-electron chi connectivity index (χ0n) is 11.1. The Hall–Kier alpha value is -2.39. The maximum absolute atomic E-state index is 11.8. The second kappa shape index (κ2) is 7.92. The molecular formula is C14H16N2O4. The molecule has 0 aliphatic carbocycles. The van der Waals surface area contributed by atoms with E-state index in [9.17, 15) is 14.7 Å². The minimum Gasteiger partial charge on any atom is -0.464 e. The lowest BCUT2D eigenvalue weighted by atomic mass is 10.0. The number of nitrogens with one attached hydrogen (secondary N) is 1. The predicted octanol–water partition coefficient (Wildman–Crippen LogP) is 0.682. The van der Waals surface area contributed by atoms with Crippen molar-refractivity contribution in [2.24, 2.45) is 0 Å². The van der Waals surface area contributed by atoms with Crippen molar-refractivity contribution < 1.29 is 19.4 Å². The van der Waals surface area contributed by atoms with Crippen LogP contribution in [0.25, 0.3) is 0 Å². The summed E-state index contributed by atoms with van der Waals surface area (Å²) in [5.41, 5.74) is 0.475. The smallest absolute Gasteiger partial charge is 0.331 e. The summed E-state index contributed by atoms with van der Waals surface area (Å²) in [7, 11) is 0. The number of hydrogen-bond acceptors (Lipinski definition) is 5. The predicted molar refractivity (Wildman–Crippen MR) is 70.2 cm³/mol. The van der Waals surface area contributed by atoms with Crippen molar-refractivity contribution in [3.05, 3.63) is 35.9 Å². The highest BCUT2D eigenvalue weighted by molar-refractivity contribution is 5.86. The average molecular weight is 276 g/mol. The largest absolute Gasteiger partial charge is 0.464 e. The van der Waals surface area contributed by atoms with Crippen LogP contribution in [0.2, 0.25) is 0 Å². The Kier molecular flexibility index (Phi) is 6.20. The monoisotopic (exact) mass is 276 g/mol. The minimum atomic E-state index is -1.24. The number of nitrogens with zero attached hydrogens (tertiary/aromatic N) is 1. The Balaban J connectivity index is 2.89. The first-order valence-corrected chi connectivity index (χ1v) is 6.16. The fraction of sp³-hybridized carbons (Fsp3) is 0.357. The molecule has 1 aromatic carbocycles. The van der Waals surface area contributed by atoms with E-state index < -0.39 is 30.4 Å². The number of nitriles is 1. The summed E-state index contributed by atoms with van der Waals surface area (Å²) in [4.78, 5) is 23.3. The van der Waals surface area contributed by atoms with Gasteiger partial charge in [0.2, 0.25) is 5.91 Å². The molecule has 0 heterocycles. The van der Waals surface area contributed by atoms with E-state index in [0.717, 1.165) is 0 Å². The number of benzene rings is 1. The lowest BCUT2D eigenvalue weighted by Gasteiger charge is -2.22. The van der Waals surface area contributed by atoms with Gasteiger partial charge >= 0.3 is 5.97 Å². The van der Waals surface area contributed by atoms with Crippen LogP contribution >= 0.6 is 0 Å². The summed E-state index contributed by atoms with van der Waals surface area (Å²) in [5, 5.41) is 21.0. The van der Waals surface area contributed by atoms with Gasteiger partial charge in [-0.15, -0.1) is 0 Å². The number of hydrogen-bond donors (Lipinski definition) is 2. The molecule has 0 radical (unpaired) electrons. The van der Waals surface area contributed by atoms with Gasteiger partial charge < -0.3 is 15.2 Å². The standard InChI is InChI=1S/C14H16N2O4/c1-2-20-14(19)12(16-11(17)8-9-15)13(18)10-6-4-3-5-7-10/h3-7,12-13,18H,2,8H2,1H3,(H,16,17). The first kappa shape index (κ1) is 15.7. The number of aliphatic hydroxyl groups is 1. The lowest BCUT2D eigenvalue weighted by Crippen LogP contribution is -2.45. The van der Waals surface area contributed by atoms with E-state index in [1.165, 1.54) is 0 Å². The van der Waals surface area contributed by atoms with Crippen molar-refractivity contribution in [1.82, 2.24) is 5.32 Å². The summed E-state index contributed by atoms with van der Waals surface area (Å²) in [6.07, 6.45) is -1.63. The van der Waals surface area contributed by atoms with Crippen LogP contribution in [0.4, 0.5) is 0 Å². The van der Waals surface area contributed by atoms with Gasteiger partial charge in [0.15, 0.2) is 6.04 Å². The van der Waals surface area contributed by atoms with Gasteiger partial charge in [-0.25, -0.2) is 4.79 Å². The van der Waals surface area contributed by atoms with E-state index >= 15 is 0 Å². The zero-order valence-corrected chi connectivity index (χ0v) is 11.1. The highest BCUT2D eigenvalue weighted by Crippen LogP contribution is 2.17. The van der Waals surface area contributed by atoms with Gasteiger partial charge in [-0.3, -0.25) is 4.79 Å². The topological polar surface area (TPSA) is 99.4 Å². The van der Waals surface area contributed by atoms with Crippen molar-refractivity contribution in [1.29, 1.82) is 5.26 Å². The third-order valence-electron chi connectivity index (χ3n) is 2.55. The number of aliphatic hydroxyl groups excluding tert-OH is 1. The van der Waals surface area contributed by atoms with Crippen molar-refractivity contribution in [3.8, 4) is 6.07 Å². The molecule has 0 spiro atoms. The summed E-state index contributed by atoms with van der Waals surface area (Å²) in [5.74, 6) is -1.38. The van der Waals surface area contributed by atoms with Crippen LogP contribution in [-0.2, 0) is 14.3 Å². The van der Waals surface area contributed by atoms with E-state index in [1.54, 1.807) is 43.3 Å². The Bertz CT molecular complexity index is 496. The number of rotatable bonds is 6. The molecule has 0 aromatic heterocycles. The molecule has 6 nitrogen and oxygen atoms in total. The highest BCUT2D eigenvalue weighted by atomic mass is 16.5. The van der Waals surface area contributed by atoms with Crippen LogP contribution in [0.3, 0.4) is 0 Å². The number of carbonyl (C=O) groups is 2. The van der Waals surface area contributed by atoms with Crippen LogP contribution < -0.4 is 5.32 Å². The Labute approximate surface area is 117 Å². The molecule has 2 unspecified atom stereocenters. The van der Waals surface area contributed by atoms with E-state index in [0.29, 0.717) is 5.56 Å². The van der Waals surface area contributed by atoms with E-state index in [4.69, 9.17) is 10.00 Å². The third-order valence-corrected chi connectivity index (χ3v) is 2.55. The number of carbonyl (C=O) groups excluding carboxylic acids is 2. The van der Waals surface area contributed by atoms with Crippen molar-refractivity contribution >= 4 is 11.9 Å². The van der Waals surface area contributed by atoms with E-state index in [2.05, 4.69) is 5.32 Å². The Morgan fingerprint density at radius 1 is 1.40 bits per heavy atom. The lowest BCUT2D eigenvalue weighted by molar-refractivity contribution is -0.150. The van der Waals surface area contributed by atoms with Gasteiger partial charge in [0, 0.05) is 0 Å². The minimum absolute atomic E-state index is 0.130. The molecule has 1 amide bonds. The van der Waals surface area contributed by atoms with Crippen LogP contribution in [0.15, 0.2) is 30.3 Å². The van der Waals surface area contributed by atoms with Gasteiger partial charge in [-0.1, -0.05) is 30.3 Å². The second-order valence-corrected chi connectivity index (χ2v) is 3.99. The SMILES string of the molecule is CCOC(=O)C(NC(=O)CC#N)C(O)c1ccccc1. The highest BCUT2D eigenvalue weighted by Gasteiger charge is 2.30. The molecule has 0 aliphatic heterocycles. The van der Waals surface area contributed by atoms with Crippen LogP contribution in [0.5, 0.6) is 0 Å².